The topological polar surface area (TPSA) is 73.6 Å². The first-order valence-electron chi connectivity index (χ1n) is 6.28. The van der Waals surface area contributed by atoms with E-state index in [9.17, 15) is 9.90 Å². The maximum absolute atomic E-state index is 11.6. The minimum atomic E-state index is -0.679. The lowest BCUT2D eigenvalue weighted by molar-refractivity contribution is -0.0184. The van der Waals surface area contributed by atoms with Gasteiger partial charge in [0, 0.05) is 11.8 Å². The van der Waals surface area contributed by atoms with Gasteiger partial charge >= 0.3 is 6.01 Å². The monoisotopic (exact) mass is 252 g/mol. The van der Waals surface area contributed by atoms with Crippen molar-refractivity contribution < 1.29 is 14.6 Å². The first-order chi connectivity index (χ1) is 8.65. The number of nitrogens with zero attached hydrogens (tertiary/aromatic N) is 2. The van der Waals surface area contributed by atoms with Crippen LogP contribution in [0.25, 0.3) is 0 Å². The second-order valence-corrected chi connectivity index (χ2v) is 4.66. The summed E-state index contributed by atoms with van der Waals surface area (Å²) in [4.78, 5) is 15.5. The highest BCUT2D eigenvalue weighted by Gasteiger charge is 2.50. The summed E-state index contributed by atoms with van der Waals surface area (Å²) in [6.07, 6.45) is 1.32. The highest BCUT2D eigenvalue weighted by molar-refractivity contribution is 5.16. The van der Waals surface area contributed by atoms with Crippen molar-refractivity contribution in [3.63, 3.8) is 0 Å². The van der Waals surface area contributed by atoms with Crippen molar-refractivity contribution in [1.29, 1.82) is 0 Å². The standard InChI is InChI=1S/C12H16N2O4/c1-3-6-5-14-11-9(8(15)7(4-2)17-11)18-12(14)13-10(6)16/h5,7-9,11,15H,3-4H2,1-2H3. The Labute approximate surface area is 104 Å². The number of aliphatic hydroxyl groups is 1. The fourth-order valence-corrected chi connectivity index (χ4v) is 2.54. The average molecular weight is 252 g/mol. The SMILES string of the molecule is CCc1cn2c(nc1=O)OC1C(O)C(CC)OC12. The molecule has 1 saturated heterocycles. The molecule has 0 aromatic carbocycles. The minimum Gasteiger partial charge on any atom is -0.453 e. The Balaban J connectivity index is 2.01. The van der Waals surface area contributed by atoms with Crippen LogP contribution < -0.4 is 10.3 Å². The number of aryl methyl sites for hydroxylation is 1. The molecule has 0 bridgehead atoms. The van der Waals surface area contributed by atoms with E-state index in [1.165, 1.54) is 0 Å². The van der Waals surface area contributed by atoms with Gasteiger partial charge in [0.15, 0.2) is 12.3 Å². The first-order valence-corrected chi connectivity index (χ1v) is 6.28. The molecule has 1 fully saturated rings. The van der Waals surface area contributed by atoms with Gasteiger partial charge in [-0.1, -0.05) is 13.8 Å². The highest BCUT2D eigenvalue weighted by Crippen LogP contribution is 2.39. The number of ether oxygens (including phenoxy) is 2. The summed E-state index contributed by atoms with van der Waals surface area (Å²) < 4.78 is 13.0. The van der Waals surface area contributed by atoms with Gasteiger partial charge in [-0.2, -0.15) is 4.98 Å². The number of rotatable bonds is 2. The maximum Gasteiger partial charge on any atom is 0.302 e. The van der Waals surface area contributed by atoms with Crippen LogP contribution >= 0.6 is 0 Å². The fourth-order valence-electron chi connectivity index (χ4n) is 2.54. The molecule has 18 heavy (non-hydrogen) atoms. The Bertz CT molecular complexity index is 527. The molecule has 1 N–H and O–H groups in total. The molecule has 6 heteroatoms. The molecular formula is C12H16N2O4. The van der Waals surface area contributed by atoms with Gasteiger partial charge in [0.1, 0.15) is 6.10 Å². The van der Waals surface area contributed by atoms with Crippen molar-refractivity contribution in [2.24, 2.45) is 0 Å². The van der Waals surface area contributed by atoms with Crippen molar-refractivity contribution in [1.82, 2.24) is 9.55 Å². The van der Waals surface area contributed by atoms with Crippen molar-refractivity contribution in [2.75, 3.05) is 0 Å². The molecule has 4 atom stereocenters. The van der Waals surface area contributed by atoms with E-state index in [4.69, 9.17) is 9.47 Å². The summed E-state index contributed by atoms with van der Waals surface area (Å²) in [6, 6.07) is 0.237. The van der Waals surface area contributed by atoms with Gasteiger partial charge < -0.3 is 14.6 Å². The molecule has 0 saturated carbocycles. The molecule has 0 amide bonds. The second kappa shape index (κ2) is 4.07. The second-order valence-electron chi connectivity index (χ2n) is 4.66. The van der Waals surface area contributed by atoms with Crippen LogP contribution in [0.15, 0.2) is 11.0 Å². The zero-order valence-corrected chi connectivity index (χ0v) is 10.4. The Kier molecular flexibility index (Phi) is 2.64. The zero-order chi connectivity index (χ0) is 12.9. The number of hydrogen-bond donors (Lipinski definition) is 1. The summed E-state index contributed by atoms with van der Waals surface area (Å²) in [7, 11) is 0. The van der Waals surface area contributed by atoms with E-state index in [1.807, 2.05) is 13.8 Å². The third-order valence-electron chi connectivity index (χ3n) is 3.60. The lowest BCUT2D eigenvalue weighted by Gasteiger charge is -2.15. The van der Waals surface area contributed by atoms with Crippen LogP contribution in [0.1, 0.15) is 32.1 Å². The van der Waals surface area contributed by atoms with Crippen LogP contribution in [0.4, 0.5) is 0 Å². The third kappa shape index (κ3) is 1.49. The van der Waals surface area contributed by atoms with Crippen molar-refractivity contribution in [3.05, 3.63) is 22.1 Å². The van der Waals surface area contributed by atoms with E-state index in [0.29, 0.717) is 12.0 Å². The van der Waals surface area contributed by atoms with Crippen LogP contribution in [-0.2, 0) is 11.2 Å². The van der Waals surface area contributed by atoms with Gasteiger partial charge in [-0.25, -0.2) is 0 Å². The van der Waals surface area contributed by atoms with E-state index in [-0.39, 0.29) is 23.9 Å². The van der Waals surface area contributed by atoms with Crippen LogP contribution in [0.2, 0.25) is 0 Å². The molecule has 0 radical (unpaired) electrons. The van der Waals surface area contributed by atoms with Crippen LogP contribution in [0.3, 0.4) is 0 Å². The number of aliphatic hydroxyl groups excluding tert-OH is 1. The Hall–Kier alpha value is -1.40. The highest BCUT2D eigenvalue weighted by atomic mass is 16.6. The molecule has 3 rings (SSSR count). The van der Waals surface area contributed by atoms with Crippen LogP contribution in [-0.4, -0.2) is 33.0 Å². The van der Waals surface area contributed by atoms with Crippen molar-refractivity contribution >= 4 is 0 Å². The van der Waals surface area contributed by atoms with Crippen LogP contribution in [0, 0.1) is 0 Å². The summed E-state index contributed by atoms with van der Waals surface area (Å²) in [5, 5.41) is 10.1. The Morgan fingerprint density at radius 3 is 2.94 bits per heavy atom. The lowest BCUT2D eigenvalue weighted by Crippen LogP contribution is -2.32. The normalized spacial score (nSPS) is 33.1. The van der Waals surface area contributed by atoms with Gasteiger partial charge in [-0.3, -0.25) is 9.36 Å². The average Bonchev–Trinajstić information content (AvgIpc) is 2.85. The van der Waals surface area contributed by atoms with E-state index in [0.717, 1.165) is 6.42 Å². The van der Waals surface area contributed by atoms with Gasteiger partial charge in [-0.05, 0) is 12.8 Å². The molecule has 2 aliphatic heterocycles. The summed E-state index contributed by atoms with van der Waals surface area (Å²) in [5.74, 6) is 0. The fraction of sp³-hybridized carbons (Fsp3) is 0.667. The van der Waals surface area contributed by atoms with Gasteiger partial charge in [0.2, 0.25) is 0 Å². The minimum absolute atomic E-state index is 0.224. The predicted molar refractivity (Wildman–Crippen MR) is 62.5 cm³/mol. The Morgan fingerprint density at radius 2 is 2.28 bits per heavy atom. The zero-order valence-electron chi connectivity index (χ0n) is 10.4. The third-order valence-corrected chi connectivity index (χ3v) is 3.60. The smallest absolute Gasteiger partial charge is 0.302 e. The van der Waals surface area contributed by atoms with Gasteiger partial charge in [0.25, 0.3) is 5.56 Å². The molecule has 2 aliphatic rings. The van der Waals surface area contributed by atoms with E-state index >= 15 is 0 Å². The summed E-state index contributed by atoms with van der Waals surface area (Å²) in [6.45, 7) is 3.86. The van der Waals surface area contributed by atoms with Crippen LogP contribution in [0.5, 0.6) is 6.01 Å². The maximum atomic E-state index is 11.6. The van der Waals surface area contributed by atoms with E-state index in [1.54, 1.807) is 10.8 Å². The molecule has 0 spiro atoms. The van der Waals surface area contributed by atoms with Gasteiger partial charge in [0.05, 0.1) is 6.10 Å². The molecule has 0 aliphatic carbocycles. The molecule has 1 aromatic rings. The lowest BCUT2D eigenvalue weighted by atomic mass is 10.1. The number of fused-ring (bicyclic) bond motifs is 3. The summed E-state index contributed by atoms with van der Waals surface area (Å²) in [5.41, 5.74) is 0.353. The Morgan fingerprint density at radius 1 is 1.50 bits per heavy atom. The van der Waals surface area contributed by atoms with E-state index < -0.39 is 12.2 Å². The van der Waals surface area contributed by atoms with Gasteiger partial charge in [-0.15, -0.1) is 0 Å². The van der Waals surface area contributed by atoms with Crippen molar-refractivity contribution in [2.45, 2.75) is 51.2 Å². The molecule has 4 unspecified atom stereocenters. The largest absolute Gasteiger partial charge is 0.453 e. The predicted octanol–water partition coefficient (Wildman–Crippen LogP) is 0.235. The number of hydrogen-bond acceptors (Lipinski definition) is 5. The van der Waals surface area contributed by atoms with E-state index in [2.05, 4.69) is 4.98 Å². The summed E-state index contributed by atoms with van der Waals surface area (Å²) >= 11 is 0. The first kappa shape index (κ1) is 11.7. The molecule has 98 valence electrons. The molecule has 1 aromatic heterocycles. The number of aromatic nitrogens is 2. The molecule has 6 nitrogen and oxygen atoms in total. The van der Waals surface area contributed by atoms with Crippen molar-refractivity contribution in [3.8, 4) is 6.01 Å². The quantitative estimate of drug-likeness (QED) is 0.816. The molecule has 3 heterocycles. The molecular weight excluding hydrogens is 236 g/mol.